The van der Waals surface area contributed by atoms with E-state index in [1.54, 1.807) is 12.1 Å². The Morgan fingerprint density at radius 3 is 1.00 bits per heavy atom. The topological polar surface area (TPSA) is 182 Å². The molecule has 0 unspecified atom stereocenters. The molecule has 15 nitrogen and oxygen atoms in total. The molecule has 0 radical (unpaired) electrons. The van der Waals surface area contributed by atoms with E-state index in [9.17, 15) is 10.2 Å². The summed E-state index contributed by atoms with van der Waals surface area (Å²) in [5, 5.41) is 30.5. The minimum absolute atomic E-state index is 0. The van der Waals surface area contributed by atoms with Gasteiger partial charge in [0, 0.05) is 33.4 Å². The van der Waals surface area contributed by atoms with Crippen molar-refractivity contribution in [2.45, 2.75) is 70.5 Å². The summed E-state index contributed by atoms with van der Waals surface area (Å²) < 4.78 is 60.2. The third-order valence-corrected chi connectivity index (χ3v) is 13.2. The monoisotopic (exact) mass is 1190 g/mol. The van der Waals surface area contributed by atoms with Gasteiger partial charge in [-0.1, -0.05) is 153 Å². The van der Waals surface area contributed by atoms with Gasteiger partial charge in [0.15, 0.2) is 0 Å². The van der Waals surface area contributed by atoms with Crippen LogP contribution in [0.3, 0.4) is 0 Å². The van der Waals surface area contributed by atoms with Gasteiger partial charge in [0.25, 0.3) is 6.47 Å². The molecule has 0 fully saturated rings. The number of phenolic OH excluding ortho intramolecular Hbond substituents is 2. The summed E-state index contributed by atoms with van der Waals surface area (Å²) in [6, 6.07) is 47.2. The van der Waals surface area contributed by atoms with Crippen molar-refractivity contribution in [1.82, 2.24) is 0 Å². The standard InChI is InChI=1S/C33H40O6Si.C30H32O6.CH2O3.2K.H/c1-40(2,3)19-14-26-20-29-22-36-24-31(27-10-6-4-7-11-27)38-17-15-35-16-18-39-32(28-12-8-5-9-13-28)25-37-23-30(21-26)33(29)34;1-2-23-17-26-19-33-21-28(24-9-5-3-6-10-24)35-15-13-32-14-16-36-29(25-11-7-4-8-12-25)22-34-20-27(18-23)30(26)31;2-1-4-3;;;/h4-13,20-21,31-32,34H,15-18,22-25H2,1-3H3;1,3-12,17-18,28-29,31H,13-16,19-22H2;1,3H;;;/q;;;2*+1;-1/p-1/t31-,32-;28-,29-;;;;/m11..../s1. The zero-order valence-electron chi connectivity index (χ0n) is 48.8. The van der Waals surface area contributed by atoms with Crippen LogP contribution in [0.25, 0.3) is 0 Å². The molecule has 0 aliphatic carbocycles. The van der Waals surface area contributed by atoms with Crippen LogP contribution in [-0.4, -0.2) is 104 Å². The molecule has 0 amide bonds. The Morgan fingerprint density at radius 1 is 0.488 bits per heavy atom. The number of carbonyl (C=O) groups excluding carboxylic acids is 1. The second-order valence-electron chi connectivity index (χ2n) is 19.5. The van der Waals surface area contributed by atoms with E-state index in [1.807, 2.05) is 133 Å². The summed E-state index contributed by atoms with van der Waals surface area (Å²) in [4.78, 5) is 11.2. The number of hydrogen-bond donors (Lipinski definition) is 2. The van der Waals surface area contributed by atoms with Crippen molar-refractivity contribution in [2.75, 3.05) is 79.3 Å². The number of phenols is 2. The number of hydrogen-bond acceptors (Lipinski definition) is 15. The van der Waals surface area contributed by atoms with Crippen molar-refractivity contribution >= 4 is 14.5 Å². The molecule has 18 heteroatoms. The molecule has 4 atom stereocenters. The molecule has 426 valence electrons. The number of fused-ring (bicyclic) bond motifs is 4. The van der Waals surface area contributed by atoms with Crippen molar-refractivity contribution in [3.05, 3.63) is 201 Å². The van der Waals surface area contributed by atoms with Crippen molar-refractivity contribution in [2.24, 2.45) is 0 Å². The molecule has 82 heavy (non-hydrogen) atoms. The fourth-order valence-electron chi connectivity index (χ4n) is 8.31. The quantitative estimate of drug-likeness (QED) is 0.0838. The smallest absolute Gasteiger partial charge is 1.00 e. The van der Waals surface area contributed by atoms with E-state index >= 15 is 0 Å². The Hall–Kier alpha value is -3.44. The molecule has 0 aromatic heterocycles. The van der Waals surface area contributed by atoms with Gasteiger partial charge in [0.1, 0.15) is 44.0 Å². The number of terminal acetylenes is 1. The summed E-state index contributed by atoms with van der Waals surface area (Å²) >= 11 is 0. The van der Waals surface area contributed by atoms with E-state index in [4.69, 9.17) is 63.8 Å². The molecule has 0 saturated carbocycles. The Labute approximate surface area is 570 Å². The van der Waals surface area contributed by atoms with Crippen molar-refractivity contribution in [1.29, 1.82) is 0 Å². The largest absolute Gasteiger partial charge is 1.00 e. The van der Waals surface area contributed by atoms with Crippen LogP contribution in [-0.2, 0) is 83.5 Å². The first-order chi connectivity index (χ1) is 39.0. The van der Waals surface area contributed by atoms with Crippen LogP contribution in [0, 0.1) is 23.8 Å². The molecule has 8 rings (SSSR count). The molecule has 6 aromatic carbocycles. The fraction of sp³-hybridized carbons (Fsp3) is 0.359. The molecule has 2 aliphatic heterocycles. The van der Waals surface area contributed by atoms with E-state index in [0.29, 0.717) is 107 Å². The summed E-state index contributed by atoms with van der Waals surface area (Å²) in [6.07, 6.45) is 4.62. The maximum absolute atomic E-state index is 11.2. The summed E-state index contributed by atoms with van der Waals surface area (Å²) in [5.74, 6) is 6.27. The zero-order chi connectivity index (χ0) is 56.6. The van der Waals surface area contributed by atoms with Gasteiger partial charge in [-0.3, -0.25) is 4.79 Å². The summed E-state index contributed by atoms with van der Waals surface area (Å²) in [7, 11) is -1.59. The van der Waals surface area contributed by atoms with E-state index in [2.05, 4.69) is 41.9 Å². The van der Waals surface area contributed by atoms with Gasteiger partial charge in [0.05, 0.1) is 106 Å². The van der Waals surface area contributed by atoms with E-state index < -0.39 is 8.07 Å². The van der Waals surface area contributed by atoms with Crippen LogP contribution >= 0.6 is 0 Å². The average molecular weight is 1190 g/mol. The van der Waals surface area contributed by atoms with E-state index in [0.717, 1.165) is 27.8 Å². The van der Waals surface area contributed by atoms with Gasteiger partial charge in [0.2, 0.25) is 0 Å². The van der Waals surface area contributed by atoms with Gasteiger partial charge >= 0.3 is 103 Å². The third kappa shape index (κ3) is 26.0. The summed E-state index contributed by atoms with van der Waals surface area (Å²) in [6.45, 7) is 12.0. The van der Waals surface area contributed by atoms with Crippen LogP contribution in [0.5, 0.6) is 11.5 Å². The molecule has 0 spiro atoms. The average Bonchev–Trinajstić information content (AvgIpc) is 3.48. The number of carbonyl (C=O) groups is 1. The molecular weight excluding hydrogens is 1110 g/mol. The maximum atomic E-state index is 11.2. The Balaban J connectivity index is 0.000000397. The van der Waals surface area contributed by atoms with Crippen LogP contribution in [0.4, 0.5) is 0 Å². The van der Waals surface area contributed by atoms with E-state index in [-0.39, 0.29) is 173 Å². The second-order valence-corrected chi connectivity index (χ2v) is 24.2. The van der Waals surface area contributed by atoms with Crippen molar-refractivity contribution < 1.29 is 177 Å². The van der Waals surface area contributed by atoms with Gasteiger partial charge < -0.3 is 69.2 Å². The van der Waals surface area contributed by atoms with Crippen LogP contribution < -0.4 is 108 Å². The van der Waals surface area contributed by atoms with Crippen LogP contribution in [0.1, 0.15) is 81.5 Å². The molecule has 6 aromatic rings. The van der Waals surface area contributed by atoms with Crippen molar-refractivity contribution in [3.63, 3.8) is 0 Å². The second kappa shape index (κ2) is 40.8. The molecular formula is C64H74K2O15Si. The first-order valence-corrected chi connectivity index (χ1v) is 30.1. The van der Waals surface area contributed by atoms with Crippen LogP contribution in [0.15, 0.2) is 146 Å². The number of rotatable bonds is 5. The van der Waals surface area contributed by atoms with E-state index in [1.165, 1.54) is 0 Å². The van der Waals surface area contributed by atoms with Gasteiger partial charge in [-0.05, 0) is 46.5 Å². The fourth-order valence-corrected chi connectivity index (χ4v) is 8.83. The van der Waals surface area contributed by atoms with Crippen molar-refractivity contribution in [3.8, 4) is 35.3 Å². The first kappa shape index (κ1) is 71.0. The van der Waals surface area contributed by atoms with Gasteiger partial charge in [-0.15, -0.1) is 12.0 Å². The molecule has 2 heterocycles. The molecule has 2 aliphatic rings. The maximum Gasteiger partial charge on any atom is 1.00 e. The minimum atomic E-state index is -1.59. The number of ether oxygens (including phenoxy) is 10. The zero-order valence-corrected chi connectivity index (χ0v) is 55.1. The Bertz CT molecular complexity index is 2680. The normalized spacial score (nSPS) is 19.0. The van der Waals surface area contributed by atoms with Gasteiger partial charge in [-0.25, -0.2) is 0 Å². The minimum Gasteiger partial charge on any atom is -1.00 e. The predicted octanol–water partition coefficient (Wildman–Crippen LogP) is 3.71. The Morgan fingerprint density at radius 2 is 0.756 bits per heavy atom. The molecule has 4 bridgehead atoms. The predicted molar refractivity (Wildman–Crippen MR) is 303 cm³/mol. The summed E-state index contributed by atoms with van der Waals surface area (Å²) in [5.41, 5.74) is 11.6. The van der Waals surface area contributed by atoms with Gasteiger partial charge in [-0.2, -0.15) is 0 Å². The first-order valence-electron chi connectivity index (χ1n) is 26.6. The third-order valence-electron chi connectivity index (χ3n) is 12.3. The Kier molecular flexibility index (Phi) is 35.3. The van der Waals surface area contributed by atoms with Crippen LogP contribution in [0.2, 0.25) is 19.6 Å². The molecule has 2 N–H and O–H groups in total. The number of aromatic hydroxyl groups is 2. The SMILES string of the molecule is C#Cc1cc2c(O)c(c1)COC[C@H](c1ccccc1)OCCOCCO[C@@H](c1ccccc1)COC2.C[Si](C)(C)C#Cc1cc2c(O)c(c1)COC[C@H](c1ccccc1)OCCOCCO[C@@H](c1ccccc1)COC2.O=CO[O-].[H-].[K+].[K+]. The molecule has 0 saturated heterocycles. The number of benzene rings is 6.